The number of nitrogens with one attached hydrogen (secondary N) is 1. The first kappa shape index (κ1) is 25.2. The molecule has 1 N–H and O–H groups in total. The molecule has 1 saturated heterocycles. The van der Waals surface area contributed by atoms with Gasteiger partial charge in [-0.2, -0.15) is 0 Å². The molecule has 8 heteroatoms. The Kier molecular flexibility index (Phi) is 9.36. The van der Waals surface area contributed by atoms with Crippen LogP contribution in [0.15, 0.2) is 47.6 Å². The predicted molar refractivity (Wildman–Crippen MR) is 135 cm³/mol. The fourth-order valence-corrected chi connectivity index (χ4v) is 3.84. The number of amides is 1. The van der Waals surface area contributed by atoms with Crippen LogP contribution in [0, 0.1) is 0 Å². The molecular weight excluding hydrogens is 505 g/mol. The monoisotopic (exact) mass is 539 g/mol. The number of hydrogen-bond acceptors (Lipinski definition) is 3. The van der Waals surface area contributed by atoms with Gasteiger partial charge in [0, 0.05) is 58.2 Å². The van der Waals surface area contributed by atoms with Gasteiger partial charge in [0.1, 0.15) is 0 Å². The molecule has 0 radical (unpaired) electrons. The van der Waals surface area contributed by atoms with E-state index in [1.54, 1.807) is 7.05 Å². The summed E-state index contributed by atoms with van der Waals surface area (Å²) >= 11 is 0. The number of aliphatic imine (C=N–C) groups is 1. The van der Waals surface area contributed by atoms with Gasteiger partial charge in [0.25, 0.3) is 5.91 Å². The van der Waals surface area contributed by atoms with Gasteiger partial charge in [-0.25, -0.2) is 0 Å². The summed E-state index contributed by atoms with van der Waals surface area (Å²) in [6, 6.07) is 12.0. The summed E-state index contributed by atoms with van der Waals surface area (Å²) in [5, 5.41) is 3.40. The zero-order valence-corrected chi connectivity index (χ0v) is 21.4. The van der Waals surface area contributed by atoms with Crippen molar-refractivity contribution in [2.24, 2.45) is 12.0 Å². The van der Waals surface area contributed by atoms with Gasteiger partial charge in [0.15, 0.2) is 5.96 Å². The molecule has 2 heterocycles. The lowest BCUT2D eigenvalue weighted by Crippen LogP contribution is -2.48. The van der Waals surface area contributed by atoms with Gasteiger partial charge in [-0.15, -0.1) is 24.0 Å². The number of carbonyl (C=O) groups excluding carboxylic acids is 1. The Bertz CT molecular complexity index is 870. The highest BCUT2D eigenvalue weighted by Crippen LogP contribution is 2.15. The van der Waals surface area contributed by atoms with Crippen molar-refractivity contribution in [3.05, 3.63) is 59.4 Å². The molecule has 1 aromatic carbocycles. The van der Waals surface area contributed by atoms with E-state index in [4.69, 9.17) is 4.74 Å². The van der Waals surface area contributed by atoms with Crippen LogP contribution in [0.4, 0.5) is 0 Å². The first-order valence-corrected chi connectivity index (χ1v) is 10.4. The highest BCUT2D eigenvalue weighted by atomic mass is 127. The van der Waals surface area contributed by atoms with Gasteiger partial charge in [-0.3, -0.25) is 9.79 Å². The third kappa shape index (κ3) is 6.70. The lowest BCUT2D eigenvalue weighted by atomic mass is 10.1. The molecule has 7 nitrogen and oxygen atoms in total. The molecule has 3 rings (SSSR count). The Morgan fingerprint density at radius 2 is 1.84 bits per heavy atom. The lowest BCUT2D eigenvalue weighted by Gasteiger charge is -2.35. The van der Waals surface area contributed by atoms with E-state index < -0.39 is 0 Å². The van der Waals surface area contributed by atoms with Crippen molar-refractivity contribution in [3.63, 3.8) is 0 Å². The first-order chi connectivity index (χ1) is 14.4. The van der Waals surface area contributed by atoms with Gasteiger partial charge >= 0.3 is 0 Å². The van der Waals surface area contributed by atoms with Gasteiger partial charge in [0.05, 0.1) is 18.8 Å². The molecule has 2 aromatic rings. The van der Waals surface area contributed by atoms with Crippen molar-refractivity contribution in [2.45, 2.75) is 39.1 Å². The second-order valence-electron chi connectivity index (χ2n) is 8.03. The Labute approximate surface area is 202 Å². The maximum atomic E-state index is 12.8. The number of ether oxygens (including phenoxy) is 1. The second-order valence-corrected chi connectivity index (χ2v) is 8.03. The maximum Gasteiger partial charge on any atom is 0.254 e. The zero-order chi connectivity index (χ0) is 21.7. The average Bonchev–Trinajstić information content (AvgIpc) is 3.12. The smallest absolute Gasteiger partial charge is 0.254 e. The van der Waals surface area contributed by atoms with Crippen molar-refractivity contribution in [1.82, 2.24) is 19.7 Å². The minimum Gasteiger partial charge on any atom is -0.372 e. The third-order valence-electron chi connectivity index (χ3n) is 5.38. The minimum absolute atomic E-state index is 0. The van der Waals surface area contributed by atoms with Gasteiger partial charge in [-0.1, -0.05) is 12.1 Å². The molecular formula is C23H34IN5O2. The van der Waals surface area contributed by atoms with Crippen molar-refractivity contribution in [3.8, 4) is 0 Å². The molecule has 0 saturated carbocycles. The number of carbonyl (C=O) groups is 1. The van der Waals surface area contributed by atoms with Crippen LogP contribution in [0.25, 0.3) is 0 Å². The summed E-state index contributed by atoms with van der Waals surface area (Å²) < 4.78 is 7.83. The van der Waals surface area contributed by atoms with E-state index in [9.17, 15) is 4.79 Å². The van der Waals surface area contributed by atoms with Crippen molar-refractivity contribution in [1.29, 1.82) is 0 Å². The summed E-state index contributed by atoms with van der Waals surface area (Å²) in [5.74, 6) is 0.891. The number of benzene rings is 1. The van der Waals surface area contributed by atoms with E-state index in [1.165, 1.54) is 5.69 Å². The Morgan fingerprint density at radius 3 is 2.39 bits per heavy atom. The average molecular weight is 539 g/mol. The second kappa shape index (κ2) is 11.5. The van der Waals surface area contributed by atoms with E-state index in [1.807, 2.05) is 69.4 Å². The van der Waals surface area contributed by atoms with Gasteiger partial charge < -0.3 is 24.4 Å². The molecule has 1 aliphatic rings. The van der Waals surface area contributed by atoms with Crippen LogP contribution in [0.5, 0.6) is 0 Å². The fraction of sp³-hybridized carbons (Fsp3) is 0.478. The Balaban J connectivity index is 0.00000341. The molecule has 31 heavy (non-hydrogen) atoms. The molecule has 1 fully saturated rings. The van der Waals surface area contributed by atoms with E-state index in [0.717, 1.165) is 18.1 Å². The minimum atomic E-state index is 0. The molecule has 0 bridgehead atoms. The molecule has 170 valence electrons. The summed E-state index contributed by atoms with van der Waals surface area (Å²) in [5.41, 5.74) is 3.03. The molecule has 1 aliphatic heterocycles. The third-order valence-corrected chi connectivity index (χ3v) is 5.38. The lowest BCUT2D eigenvalue weighted by molar-refractivity contribution is -0.0586. The summed E-state index contributed by atoms with van der Waals surface area (Å²) in [6.07, 6.45) is 2.18. The molecule has 2 atom stereocenters. The highest BCUT2D eigenvalue weighted by Gasteiger charge is 2.26. The van der Waals surface area contributed by atoms with Crippen LogP contribution in [0.2, 0.25) is 0 Å². The van der Waals surface area contributed by atoms with Crippen LogP contribution in [0.1, 0.15) is 35.5 Å². The maximum absolute atomic E-state index is 12.8. The number of guanidine groups is 1. The fourth-order valence-electron chi connectivity index (χ4n) is 3.84. The summed E-state index contributed by atoms with van der Waals surface area (Å²) in [6.45, 7) is 6.70. The Morgan fingerprint density at radius 1 is 1.19 bits per heavy atom. The topological polar surface area (TPSA) is 62.1 Å². The van der Waals surface area contributed by atoms with Crippen LogP contribution >= 0.6 is 24.0 Å². The van der Waals surface area contributed by atoms with Crippen molar-refractivity contribution < 1.29 is 9.53 Å². The number of aryl methyl sites for hydroxylation is 1. The van der Waals surface area contributed by atoms with E-state index in [-0.39, 0.29) is 42.1 Å². The van der Waals surface area contributed by atoms with E-state index in [0.29, 0.717) is 25.2 Å². The highest BCUT2D eigenvalue weighted by molar-refractivity contribution is 14.0. The van der Waals surface area contributed by atoms with Crippen LogP contribution in [-0.4, -0.2) is 65.6 Å². The first-order valence-electron chi connectivity index (χ1n) is 10.4. The molecule has 1 aromatic heterocycles. The van der Waals surface area contributed by atoms with Crippen LogP contribution in [0.3, 0.4) is 0 Å². The van der Waals surface area contributed by atoms with Gasteiger partial charge in [0.2, 0.25) is 0 Å². The summed E-state index contributed by atoms with van der Waals surface area (Å²) in [4.78, 5) is 21.2. The molecule has 0 spiro atoms. The number of morpholine rings is 1. The number of halogens is 1. The largest absolute Gasteiger partial charge is 0.372 e. The zero-order valence-electron chi connectivity index (χ0n) is 19.0. The Hall–Kier alpha value is -2.07. The van der Waals surface area contributed by atoms with Crippen LogP contribution in [-0.2, 0) is 24.9 Å². The normalized spacial score (nSPS) is 19.0. The van der Waals surface area contributed by atoms with E-state index in [2.05, 4.69) is 25.8 Å². The van der Waals surface area contributed by atoms with E-state index >= 15 is 0 Å². The number of rotatable bonds is 5. The van der Waals surface area contributed by atoms with Gasteiger partial charge in [-0.05, 0) is 43.7 Å². The summed E-state index contributed by atoms with van der Waals surface area (Å²) in [7, 11) is 5.85. The van der Waals surface area contributed by atoms with Crippen molar-refractivity contribution in [2.75, 3.05) is 27.2 Å². The molecule has 0 aliphatic carbocycles. The standard InChI is InChI=1S/C23H33N5O2.HI/c1-17-14-28(15-18(2)30-17)22(29)20-10-8-19(9-11-20)13-25-23(24-3)27(5)16-21-7-6-12-26(21)4;/h6-12,17-18H,13-16H2,1-5H3,(H,24,25);1H. The number of hydrogen-bond donors (Lipinski definition) is 1. The van der Waals surface area contributed by atoms with Crippen LogP contribution < -0.4 is 5.32 Å². The number of aromatic nitrogens is 1. The quantitative estimate of drug-likeness (QED) is 0.361. The molecule has 2 unspecified atom stereocenters. The molecule has 1 amide bonds. The SMILES string of the molecule is CN=C(NCc1ccc(C(=O)N2CC(C)OC(C)C2)cc1)N(C)Cc1cccn1C.I. The predicted octanol–water partition coefficient (Wildman–Crippen LogP) is 3.10. The number of nitrogens with zero attached hydrogens (tertiary/aromatic N) is 4. The van der Waals surface area contributed by atoms with Crippen molar-refractivity contribution >= 4 is 35.8 Å².